The van der Waals surface area contributed by atoms with Crippen molar-refractivity contribution in [1.82, 2.24) is 4.90 Å². The Bertz CT molecular complexity index is 970. The van der Waals surface area contributed by atoms with Gasteiger partial charge >= 0.3 is 5.97 Å². The van der Waals surface area contributed by atoms with E-state index in [1.807, 2.05) is 0 Å². The minimum atomic E-state index is -0.381. The Hall–Kier alpha value is -2.02. The smallest absolute Gasteiger partial charge is 0.306 e. The fraction of sp³-hybridized carbons (Fsp3) is 0.854. The van der Waals surface area contributed by atoms with Gasteiger partial charge in [-0.05, 0) is 84.3 Å². The van der Waals surface area contributed by atoms with E-state index in [4.69, 9.17) is 4.74 Å². The summed E-state index contributed by atoms with van der Waals surface area (Å²) >= 11 is 0. The Balaban J connectivity index is 2.32. The first-order valence-corrected chi connectivity index (χ1v) is 20.3. The Kier molecular flexibility index (Phi) is 28.4. The van der Waals surface area contributed by atoms with Crippen molar-refractivity contribution in [1.29, 1.82) is 0 Å². The van der Waals surface area contributed by atoms with Gasteiger partial charge in [-0.3, -0.25) is 14.4 Å². The van der Waals surface area contributed by atoms with Crippen LogP contribution >= 0.6 is 0 Å². The number of nitrogens with one attached hydrogen (secondary N) is 1. The molecule has 1 rings (SSSR count). The maximum Gasteiger partial charge on any atom is 0.306 e. The molecule has 0 spiro atoms. The SMILES string of the molecule is CCCCCCCCC(CCCCCCCC)OC(=O)CCCCCCCN(CCCCCCCC=O)CCCNc1c(C)c(=O)c1=O. The number of rotatable bonds is 36. The van der Waals surface area contributed by atoms with Gasteiger partial charge in [0, 0.05) is 24.9 Å². The average Bonchev–Trinajstić information content (AvgIpc) is 3.09. The summed E-state index contributed by atoms with van der Waals surface area (Å²) in [6.07, 6.45) is 31.7. The molecule has 0 aliphatic rings. The van der Waals surface area contributed by atoms with Crippen molar-refractivity contribution in [3.05, 3.63) is 26.0 Å². The topological polar surface area (TPSA) is 92.8 Å². The normalized spacial score (nSPS) is 11.6. The molecule has 0 aromatic heterocycles. The number of ether oxygens (including phenoxy) is 1. The fourth-order valence-electron chi connectivity index (χ4n) is 6.61. The zero-order valence-corrected chi connectivity index (χ0v) is 31.6. The second kappa shape index (κ2) is 31.0. The van der Waals surface area contributed by atoms with Crippen LogP contribution in [-0.4, -0.2) is 49.4 Å². The second-order valence-corrected chi connectivity index (χ2v) is 14.2. The van der Waals surface area contributed by atoms with E-state index in [1.54, 1.807) is 6.92 Å². The second-order valence-electron chi connectivity index (χ2n) is 14.2. The summed E-state index contributed by atoms with van der Waals surface area (Å²) in [6.45, 7) is 10.0. The average molecular weight is 675 g/mol. The number of hydrogen-bond acceptors (Lipinski definition) is 7. The van der Waals surface area contributed by atoms with Gasteiger partial charge in [-0.1, -0.05) is 117 Å². The van der Waals surface area contributed by atoms with Gasteiger partial charge in [0.05, 0.1) is 5.69 Å². The highest BCUT2D eigenvalue weighted by atomic mass is 16.5. The van der Waals surface area contributed by atoms with Crippen LogP contribution in [0.5, 0.6) is 0 Å². The van der Waals surface area contributed by atoms with E-state index in [2.05, 4.69) is 24.1 Å². The van der Waals surface area contributed by atoms with Gasteiger partial charge in [-0.2, -0.15) is 0 Å². The van der Waals surface area contributed by atoms with Gasteiger partial charge in [0.15, 0.2) is 0 Å². The van der Waals surface area contributed by atoms with Crippen molar-refractivity contribution in [2.45, 2.75) is 200 Å². The van der Waals surface area contributed by atoms with E-state index >= 15 is 0 Å². The molecule has 7 nitrogen and oxygen atoms in total. The van der Waals surface area contributed by atoms with Crippen LogP contribution in [0.25, 0.3) is 0 Å². The van der Waals surface area contributed by atoms with Crippen molar-refractivity contribution in [3.63, 3.8) is 0 Å². The quantitative estimate of drug-likeness (QED) is 0.0328. The number of unbranched alkanes of at least 4 members (excludes halogenated alkanes) is 19. The molecule has 0 heterocycles. The van der Waals surface area contributed by atoms with Gasteiger partial charge in [0.1, 0.15) is 12.4 Å². The predicted octanol–water partition coefficient (Wildman–Crippen LogP) is 9.99. The maximum absolute atomic E-state index is 12.7. The summed E-state index contributed by atoms with van der Waals surface area (Å²) in [5.41, 5.74) is 0.312. The third kappa shape index (κ3) is 22.6. The number of nitrogens with zero attached hydrogens (tertiary/aromatic N) is 1. The van der Waals surface area contributed by atoms with Crippen LogP contribution in [0.3, 0.4) is 0 Å². The summed E-state index contributed by atoms with van der Waals surface area (Å²) in [5.74, 6) is 0.00170. The van der Waals surface area contributed by atoms with E-state index in [0.717, 1.165) is 96.5 Å². The summed E-state index contributed by atoms with van der Waals surface area (Å²) in [5, 5.41) is 3.17. The molecule has 278 valence electrons. The van der Waals surface area contributed by atoms with Crippen LogP contribution in [-0.2, 0) is 14.3 Å². The molecule has 0 bridgehead atoms. The molecule has 0 amide bonds. The minimum Gasteiger partial charge on any atom is -0.462 e. The Morgan fingerprint density at radius 1 is 0.646 bits per heavy atom. The lowest BCUT2D eigenvalue weighted by molar-refractivity contribution is -0.150. The molecular weight excluding hydrogens is 600 g/mol. The van der Waals surface area contributed by atoms with Crippen molar-refractivity contribution < 1.29 is 14.3 Å². The predicted molar refractivity (Wildman–Crippen MR) is 203 cm³/mol. The van der Waals surface area contributed by atoms with E-state index in [1.165, 1.54) is 89.9 Å². The fourth-order valence-corrected chi connectivity index (χ4v) is 6.61. The molecule has 0 fully saturated rings. The lowest BCUT2D eigenvalue weighted by Crippen LogP contribution is -2.37. The first-order chi connectivity index (χ1) is 23.4. The van der Waals surface area contributed by atoms with Crippen molar-refractivity contribution in [3.8, 4) is 0 Å². The van der Waals surface area contributed by atoms with Crippen LogP contribution in [0.1, 0.15) is 193 Å². The standard InChI is InChI=1S/C41H74N2O5/c1-4-6-8-10-15-21-28-37(29-22-16-11-9-7-5-2)48-38(45)30-23-17-14-19-25-33-43(32-24-18-12-13-20-26-35-44)34-27-31-42-39-36(3)40(46)41(39)47/h35,37,42H,4-34H2,1-3H3. The van der Waals surface area contributed by atoms with Crippen molar-refractivity contribution in [2.24, 2.45) is 0 Å². The molecular formula is C41H74N2O5. The molecule has 0 aliphatic heterocycles. The molecule has 0 atom stereocenters. The molecule has 0 saturated heterocycles. The summed E-state index contributed by atoms with van der Waals surface area (Å²) in [6, 6.07) is 0. The van der Waals surface area contributed by atoms with Gasteiger partial charge in [-0.25, -0.2) is 0 Å². The molecule has 0 aliphatic carbocycles. The monoisotopic (exact) mass is 675 g/mol. The first-order valence-electron chi connectivity index (χ1n) is 20.3. The zero-order valence-electron chi connectivity index (χ0n) is 31.6. The van der Waals surface area contributed by atoms with E-state index in [0.29, 0.717) is 30.6 Å². The Morgan fingerprint density at radius 3 is 1.67 bits per heavy atom. The van der Waals surface area contributed by atoms with E-state index in [-0.39, 0.29) is 22.9 Å². The lowest BCUT2D eigenvalue weighted by Gasteiger charge is -2.23. The van der Waals surface area contributed by atoms with Crippen molar-refractivity contribution in [2.75, 3.05) is 31.5 Å². The van der Waals surface area contributed by atoms with Gasteiger partial charge in [-0.15, -0.1) is 0 Å². The zero-order chi connectivity index (χ0) is 35.1. The van der Waals surface area contributed by atoms with Crippen LogP contribution in [0.15, 0.2) is 9.59 Å². The molecule has 1 aromatic rings. The third-order valence-corrected chi connectivity index (χ3v) is 9.81. The van der Waals surface area contributed by atoms with Crippen LogP contribution in [0.2, 0.25) is 0 Å². The van der Waals surface area contributed by atoms with E-state index in [9.17, 15) is 19.2 Å². The summed E-state index contributed by atoms with van der Waals surface area (Å²) in [4.78, 5) is 49.0. The van der Waals surface area contributed by atoms with Gasteiger partial charge in [0.25, 0.3) is 0 Å². The third-order valence-electron chi connectivity index (χ3n) is 9.81. The minimum absolute atomic E-state index is 0.00170. The van der Waals surface area contributed by atoms with Gasteiger partial charge < -0.3 is 19.7 Å². The Morgan fingerprint density at radius 2 is 1.12 bits per heavy atom. The number of esters is 1. The lowest BCUT2D eigenvalue weighted by atomic mass is 10.0. The van der Waals surface area contributed by atoms with Gasteiger partial charge in [0.2, 0.25) is 10.9 Å². The highest BCUT2D eigenvalue weighted by molar-refractivity contribution is 5.69. The molecule has 0 unspecified atom stereocenters. The molecule has 48 heavy (non-hydrogen) atoms. The molecule has 0 radical (unpaired) electrons. The molecule has 1 aromatic carbocycles. The summed E-state index contributed by atoms with van der Waals surface area (Å²) < 4.78 is 6.02. The molecule has 7 heteroatoms. The first kappa shape index (κ1) is 44.0. The number of hydrogen-bond donors (Lipinski definition) is 1. The largest absolute Gasteiger partial charge is 0.462 e. The van der Waals surface area contributed by atoms with Crippen LogP contribution < -0.4 is 16.2 Å². The van der Waals surface area contributed by atoms with Crippen LogP contribution in [0.4, 0.5) is 5.69 Å². The molecule has 1 N–H and O–H groups in total. The Labute approximate surface area is 294 Å². The number of aldehydes is 1. The van der Waals surface area contributed by atoms with Crippen molar-refractivity contribution >= 4 is 17.9 Å². The summed E-state index contributed by atoms with van der Waals surface area (Å²) in [7, 11) is 0. The molecule has 0 saturated carbocycles. The van der Waals surface area contributed by atoms with Crippen LogP contribution in [0, 0.1) is 6.92 Å². The number of carbonyl (C=O) groups is 2. The van der Waals surface area contributed by atoms with E-state index < -0.39 is 0 Å². The maximum atomic E-state index is 12.7. The number of carbonyl (C=O) groups excluding carboxylic acids is 2. The highest BCUT2D eigenvalue weighted by Gasteiger charge is 2.16. The highest BCUT2D eigenvalue weighted by Crippen LogP contribution is 2.18. The number of anilines is 1.